The molecule has 3 aromatic rings. The van der Waals surface area contributed by atoms with Crippen molar-refractivity contribution >= 4 is 17.5 Å². The molecule has 0 radical (unpaired) electrons. The maximum atomic E-state index is 12.8. The molecule has 7 heteroatoms. The molecule has 1 atom stereocenters. The van der Waals surface area contributed by atoms with E-state index in [0.717, 1.165) is 17.6 Å². The molecule has 0 spiro atoms. The predicted molar refractivity (Wildman–Crippen MR) is 94.1 cm³/mol. The van der Waals surface area contributed by atoms with Gasteiger partial charge in [-0.15, -0.1) is 0 Å². The highest BCUT2D eigenvalue weighted by atomic mass is 19.1. The number of nitrogens with zero attached hydrogens (tertiary/aromatic N) is 3. The number of carbonyl (C=O) groups excluding carboxylic acids is 1. The van der Waals surface area contributed by atoms with Gasteiger partial charge in [0.1, 0.15) is 17.5 Å². The molecule has 0 bridgehead atoms. The van der Waals surface area contributed by atoms with Crippen molar-refractivity contribution < 1.29 is 9.18 Å². The third-order valence-corrected chi connectivity index (χ3v) is 3.90. The van der Waals surface area contributed by atoms with Gasteiger partial charge in [-0.25, -0.2) is 19.2 Å². The molecule has 0 saturated carbocycles. The van der Waals surface area contributed by atoms with E-state index in [9.17, 15) is 9.18 Å². The molecule has 128 valence electrons. The van der Waals surface area contributed by atoms with Crippen molar-refractivity contribution in [1.29, 1.82) is 0 Å². The van der Waals surface area contributed by atoms with Gasteiger partial charge in [-0.1, -0.05) is 12.1 Å². The van der Waals surface area contributed by atoms with E-state index < -0.39 is 11.8 Å². The van der Waals surface area contributed by atoms with E-state index in [2.05, 4.69) is 32.1 Å². The third-order valence-electron chi connectivity index (χ3n) is 3.90. The first-order valence-corrected chi connectivity index (χ1v) is 7.82. The predicted octanol–water partition coefficient (Wildman–Crippen LogP) is 3.98. The fourth-order valence-electron chi connectivity index (χ4n) is 2.53. The van der Waals surface area contributed by atoms with Gasteiger partial charge in [0.05, 0.1) is 12.2 Å². The van der Waals surface area contributed by atoms with Crippen LogP contribution < -0.4 is 10.6 Å². The molecule has 0 aliphatic carbocycles. The van der Waals surface area contributed by atoms with Gasteiger partial charge < -0.3 is 9.88 Å². The number of halogens is 1. The molecule has 1 aromatic carbocycles. The Morgan fingerprint density at radius 2 is 1.88 bits per heavy atom. The summed E-state index contributed by atoms with van der Waals surface area (Å²) in [6.07, 6.45) is 4.76. The van der Waals surface area contributed by atoms with Crippen LogP contribution in [-0.4, -0.2) is 20.6 Å². The fraction of sp³-hybridized carbons (Fsp3) is 0.167. The summed E-state index contributed by atoms with van der Waals surface area (Å²) in [5.74, 6) is 0.768. The van der Waals surface area contributed by atoms with Crippen LogP contribution >= 0.6 is 0 Å². The molecule has 2 aromatic heterocycles. The molecule has 2 amide bonds. The first-order chi connectivity index (χ1) is 12.0. The number of hydrogen-bond donors (Lipinski definition) is 2. The normalized spacial score (nSPS) is 11.8. The SMILES string of the molecule is Cc1nccn1[C@H](C)c1ccc(NC(=O)Nc2ccc(F)cn2)cc1. The zero-order valence-electron chi connectivity index (χ0n) is 13.9. The van der Waals surface area contributed by atoms with E-state index in [1.54, 1.807) is 6.20 Å². The van der Waals surface area contributed by atoms with Crippen LogP contribution in [0, 0.1) is 12.7 Å². The summed E-state index contributed by atoms with van der Waals surface area (Å²) in [4.78, 5) is 20.0. The maximum absolute atomic E-state index is 12.8. The maximum Gasteiger partial charge on any atom is 0.324 e. The molecule has 0 saturated heterocycles. The van der Waals surface area contributed by atoms with Crippen LogP contribution in [0.4, 0.5) is 20.7 Å². The van der Waals surface area contributed by atoms with Crippen LogP contribution in [-0.2, 0) is 0 Å². The van der Waals surface area contributed by atoms with Crippen molar-refractivity contribution in [3.05, 3.63) is 72.2 Å². The summed E-state index contributed by atoms with van der Waals surface area (Å²) in [6, 6.07) is 9.90. The molecule has 0 aliphatic heterocycles. The number of amides is 2. The summed E-state index contributed by atoms with van der Waals surface area (Å²) >= 11 is 0. The number of carbonyl (C=O) groups is 1. The molecule has 3 rings (SSSR count). The minimum atomic E-state index is -0.455. The van der Waals surface area contributed by atoms with Crippen LogP contribution in [0.15, 0.2) is 55.0 Å². The topological polar surface area (TPSA) is 71.8 Å². The molecule has 25 heavy (non-hydrogen) atoms. The Balaban J connectivity index is 1.63. The number of imidazole rings is 1. The van der Waals surface area contributed by atoms with Gasteiger partial charge in [0.15, 0.2) is 0 Å². The standard InChI is InChI=1S/C18H18FN5O/c1-12(24-10-9-20-13(24)2)14-3-6-16(7-4-14)22-18(25)23-17-8-5-15(19)11-21-17/h3-12H,1-2H3,(H2,21,22,23,25)/t12-/m1/s1. The smallest absolute Gasteiger partial charge is 0.324 e. The van der Waals surface area contributed by atoms with Gasteiger partial charge in [0.25, 0.3) is 0 Å². The lowest BCUT2D eigenvalue weighted by Gasteiger charge is -2.16. The summed E-state index contributed by atoms with van der Waals surface area (Å²) < 4.78 is 14.9. The molecular weight excluding hydrogens is 321 g/mol. The number of benzene rings is 1. The van der Waals surface area contributed by atoms with Crippen molar-refractivity contribution in [3.8, 4) is 0 Å². The number of urea groups is 1. The van der Waals surface area contributed by atoms with E-state index in [-0.39, 0.29) is 11.9 Å². The number of aromatic nitrogens is 3. The quantitative estimate of drug-likeness (QED) is 0.755. The number of aryl methyl sites for hydroxylation is 1. The molecule has 0 unspecified atom stereocenters. The second kappa shape index (κ2) is 7.12. The van der Waals surface area contributed by atoms with Crippen LogP contribution in [0.5, 0.6) is 0 Å². The molecule has 0 fully saturated rings. The average Bonchev–Trinajstić information content (AvgIpc) is 3.03. The Bertz CT molecular complexity index is 858. The minimum absolute atomic E-state index is 0.147. The lowest BCUT2D eigenvalue weighted by atomic mass is 10.1. The van der Waals surface area contributed by atoms with Crippen LogP contribution in [0.3, 0.4) is 0 Å². The van der Waals surface area contributed by atoms with Gasteiger partial charge in [0, 0.05) is 18.1 Å². The van der Waals surface area contributed by atoms with Crippen LogP contribution in [0.1, 0.15) is 24.4 Å². The minimum Gasteiger partial charge on any atom is -0.328 e. The van der Waals surface area contributed by atoms with Crippen molar-refractivity contribution in [3.63, 3.8) is 0 Å². The van der Waals surface area contributed by atoms with Crippen molar-refractivity contribution in [2.75, 3.05) is 10.6 Å². The van der Waals surface area contributed by atoms with Gasteiger partial charge >= 0.3 is 6.03 Å². The van der Waals surface area contributed by atoms with E-state index in [1.807, 2.05) is 37.4 Å². The van der Waals surface area contributed by atoms with Crippen molar-refractivity contribution in [2.45, 2.75) is 19.9 Å². The number of rotatable bonds is 4. The first-order valence-electron chi connectivity index (χ1n) is 7.82. The molecule has 2 heterocycles. The molecule has 2 N–H and O–H groups in total. The molecular formula is C18H18FN5O. The lowest BCUT2D eigenvalue weighted by molar-refractivity contribution is 0.262. The Morgan fingerprint density at radius 1 is 1.12 bits per heavy atom. The highest BCUT2D eigenvalue weighted by Crippen LogP contribution is 2.21. The van der Waals surface area contributed by atoms with E-state index in [0.29, 0.717) is 5.69 Å². The fourth-order valence-corrected chi connectivity index (χ4v) is 2.53. The van der Waals surface area contributed by atoms with Gasteiger partial charge in [-0.2, -0.15) is 0 Å². The number of anilines is 2. The summed E-state index contributed by atoms with van der Waals surface area (Å²) in [7, 11) is 0. The second-order valence-electron chi connectivity index (χ2n) is 5.62. The largest absolute Gasteiger partial charge is 0.328 e. The lowest BCUT2D eigenvalue weighted by Crippen LogP contribution is -2.20. The zero-order valence-corrected chi connectivity index (χ0v) is 13.9. The highest BCUT2D eigenvalue weighted by molar-refractivity contribution is 5.99. The summed E-state index contributed by atoms with van der Waals surface area (Å²) in [5.41, 5.74) is 1.75. The number of hydrogen-bond acceptors (Lipinski definition) is 3. The summed E-state index contributed by atoms with van der Waals surface area (Å²) in [5, 5.41) is 5.26. The van der Waals surface area contributed by atoms with E-state index in [4.69, 9.17) is 0 Å². The molecule has 0 aliphatic rings. The van der Waals surface area contributed by atoms with Crippen molar-refractivity contribution in [2.24, 2.45) is 0 Å². The van der Waals surface area contributed by atoms with Gasteiger partial charge in [-0.3, -0.25) is 5.32 Å². The number of pyridine rings is 1. The van der Waals surface area contributed by atoms with Gasteiger partial charge in [-0.05, 0) is 43.7 Å². The average molecular weight is 339 g/mol. The monoisotopic (exact) mass is 339 g/mol. The Labute approximate surface area is 144 Å². The first kappa shape index (κ1) is 16.6. The van der Waals surface area contributed by atoms with E-state index >= 15 is 0 Å². The zero-order chi connectivity index (χ0) is 17.8. The third kappa shape index (κ3) is 4.00. The second-order valence-corrected chi connectivity index (χ2v) is 5.62. The molecule has 6 nitrogen and oxygen atoms in total. The highest BCUT2D eigenvalue weighted by Gasteiger charge is 2.10. The Morgan fingerprint density at radius 3 is 2.48 bits per heavy atom. The summed E-state index contributed by atoms with van der Waals surface area (Å²) in [6.45, 7) is 4.05. The number of nitrogens with one attached hydrogen (secondary N) is 2. The van der Waals surface area contributed by atoms with Gasteiger partial charge in [0.2, 0.25) is 0 Å². The Kier molecular flexibility index (Phi) is 4.74. The van der Waals surface area contributed by atoms with E-state index in [1.165, 1.54) is 12.1 Å². The Hall–Kier alpha value is -3.22. The van der Waals surface area contributed by atoms with Crippen LogP contribution in [0.2, 0.25) is 0 Å². The van der Waals surface area contributed by atoms with Crippen LogP contribution in [0.25, 0.3) is 0 Å². The van der Waals surface area contributed by atoms with Crippen molar-refractivity contribution in [1.82, 2.24) is 14.5 Å².